The van der Waals surface area contributed by atoms with Crippen molar-refractivity contribution in [3.05, 3.63) is 34.3 Å². The van der Waals surface area contributed by atoms with Gasteiger partial charge in [-0.25, -0.2) is 0 Å². The Balaban J connectivity index is 3.03. The monoisotopic (exact) mass is 227 g/mol. The van der Waals surface area contributed by atoms with Gasteiger partial charge in [-0.05, 0) is 38.6 Å². The van der Waals surface area contributed by atoms with Crippen molar-refractivity contribution in [2.45, 2.75) is 19.4 Å². The molecule has 0 aromatic heterocycles. The molecule has 1 rings (SSSR count). The molecule has 0 radical (unpaired) electrons. The molecule has 0 fully saturated rings. The van der Waals surface area contributed by atoms with Gasteiger partial charge in [0.25, 0.3) is 0 Å². The van der Waals surface area contributed by atoms with Gasteiger partial charge in [0.2, 0.25) is 0 Å². The Morgan fingerprint density at radius 3 is 2.50 bits per heavy atom. The maximum absolute atomic E-state index is 3.46. The highest BCUT2D eigenvalue weighted by atomic mass is 79.9. The Morgan fingerprint density at radius 2 is 2.00 bits per heavy atom. The SMILES string of the molecule is CNC(C)(C)c1cccc(Br)c1. The lowest BCUT2D eigenvalue weighted by Gasteiger charge is -2.24. The van der Waals surface area contributed by atoms with Crippen LogP contribution in [0, 0.1) is 0 Å². The molecule has 0 saturated carbocycles. The second-order valence-corrected chi connectivity index (χ2v) is 4.30. The van der Waals surface area contributed by atoms with Gasteiger partial charge in [-0.3, -0.25) is 0 Å². The van der Waals surface area contributed by atoms with Gasteiger partial charge in [0.1, 0.15) is 0 Å². The van der Waals surface area contributed by atoms with Crippen molar-refractivity contribution in [3.63, 3.8) is 0 Å². The van der Waals surface area contributed by atoms with Crippen LogP contribution in [0.4, 0.5) is 0 Å². The lowest BCUT2D eigenvalue weighted by Crippen LogP contribution is -2.32. The minimum atomic E-state index is 0.0454. The Kier molecular flexibility index (Phi) is 2.91. The molecule has 2 heteroatoms. The number of halogens is 1. The molecular formula is C10H14BrN. The molecule has 12 heavy (non-hydrogen) atoms. The summed E-state index contributed by atoms with van der Waals surface area (Å²) in [5.41, 5.74) is 1.34. The van der Waals surface area contributed by atoms with E-state index in [1.807, 2.05) is 13.1 Å². The summed E-state index contributed by atoms with van der Waals surface area (Å²) in [5, 5.41) is 3.26. The minimum absolute atomic E-state index is 0.0454. The van der Waals surface area contributed by atoms with Gasteiger partial charge >= 0.3 is 0 Å². The van der Waals surface area contributed by atoms with Crippen molar-refractivity contribution in [2.24, 2.45) is 0 Å². The van der Waals surface area contributed by atoms with Crippen LogP contribution in [0.5, 0.6) is 0 Å². The minimum Gasteiger partial charge on any atom is -0.311 e. The lowest BCUT2D eigenvalue weighted by molar-refractivity contribution is 0.444. The highest BCUT2D eigenvalue weighted by molar-refractivity contribution is 9.10. The topological polar surface area (TPSA) is 12.0 Å². The summed E-state index contributed by atoms with van der Waals surface area (Å²) in [6, 6.07) is 8.35. The van der Waals surface area contributed by atoms with Crippen LogP contribution < -0.4 is 5.32 Å². The van der Waals surface area contributed by atoms with E-state index in [1.165, 1.54) is 5.56 Å². The molecule has 0 unspecified atom stereocenters. The Labute approximate surface area is 82.3 Å². The third-order valence-corrected chi connectivity index (χ3v) is 2.66. The summed E-state index contributed by atoms with van der Waals surface area (Å²) in [7, 11) is 1.97. The summed E-state index contributed by atoms with van der Waals surface area (Å²) in [5.74, 6) is 0. The second-order valence-electron chi connectivity index (χ2n) is 3.39. The zero-order valence-corrected chi connectivity index (χ0v) is 9.27. The lowest BCUT2D eigenvalue weighted by atomic mass is 9.95. The number of hydrogen-bond donors (Lipinski definition) is 1. The predicted octanol–water partition coefficient (Wildman–Crippen LogP) is 2.90. The Bertz CT molecular complexity index is 268. The smallest absolute Gasteiger partial charge is 0.0375 e. The first-order valence-corrected chi connectivity index (χ1v) is 4.80. The zero-order chi connectivity index (χ0) is 9.19. The van der Waals surface area contributed by atoms with Gasteiger partial charge < -0.3 is 5.32 Å². The quantitative estimate of drug-likeness (QED) is 0.820. The van der Waals surface area contributed by atoms with Gasteiger partial charge in [-0.15, -0.1) is 0 Å². The standard InChI is InChI=1S/C10H14BrN/c1-10(2,12-3)8-5-4-6-9(11)7-8/h4-7,12H,1-3H3. The van der Waals surface area contributed by atoms with E-state index in [2.05, 4.69) is 53.3 Å². The number of benzene rings is 1. The molecule has 1 N–H and O–H groups in total. The van der Waals surface area contributed by atoms with Gasteiger partial charge in [0, 0.05) is 10.0 Å². The molecule has 66 valence electrons. The van der Waals surface area contributed by atoms with Crippen LogP contribution in [0.15, 0.2) is 28.7 Å². The van der Waals surface area contributed by atoms with Crippen LogP contribution in [0.3, 0.4) is 0 Å². The molecule has 1 nitrogen and oxygen atoms in total. The average Bonchev–Trinajstić information content (AvgIpc) is 2.05. The van der Waals surface area contributed by atoms with E-state index in [9.17, 15) is 0 Å². The van der Waals surface area contributed by atoms with Crippen molar-refractivity contribution < 1.29 is 0 Å². The van der Waals surface area contributed by atoms with Crippen LogP contribution in [0.1, 0.15) is 19.4 Å². The number of hydrogen-bond acceptors (Lipinski definition) is 1. The van der Waals surface area contributed by atoms with Crippen molar-refractivity contribution in [1.29, 1.82) is 0 Å². The van der Waals surface area contributed by atoms with Crippen molar-refractivity contribution in [1.82, 2.24) is 5.32 Å². The summed E-state index contributed by atoms with van der Waals surface area (Å²) in [6.45, 7) is 4.32. The van der Waals surface area contributed by atoms with Gasteiger partial charge in [0.05, 0.1) is 0 Å². The molecule has 0 aliphatic carbocycles. The maximum Gasteiger partial charge on any atom is 0.0375 e. The molecular weight excluding hydrogens is 214 g/mol. The maximum atomic E-state index is 3.46. The van der Waals surface area contributed by atoms with E-state index in [4.69, 9.17) is 0 Å². The highest BCUT2D eigenvalue weighted by Gasteiger charge is 2.16. The molecule has 0 saturated heterocycles. The first-order valence-electron chi connectivity index (χ1n) is 4.01. The molecule has 0 aliphatic rings. The van der Waals surface area contributed by atoms with Crippen molar-refractivity contribution in [3.8, 4) is 0 Å². The summed E-state index contributed by atoms with van der Waals surface area (Å²) >= 11 is 3.46. The molecule has 0 atom stereocenters. The van der Waals surface area contributed by atoms with Gasteiger partial charge in [0.15, 0.2) is 0 Å². The first-order chi connectivity index (χ1) is 5.56. The molecule has 0 aliphatic heterocycles. The predicted molar refractivity (Wildman–Crippen MR) is 56.2 cm³/mol. The molecule has 0 bridgehead atoms. The van der Waals surface area contributed by atoms with Crippen LogP contribution in [0.2, 0.25) is 0 Å². The molecule has 0 heterocycles. The number of nitrogens with one attached hydrogen (secondary N) is 1. The van der Waals surface area contributed by atoms with Crippen LogP contribution in [-0.2, 0) is 5.54 Å². The second kappa shape index (κ2) is 3.58. The average molecular weight is 228 g/mol. The molecule has 1 aromatic rings. The third-order valence-electron chi connectivity index (χ3n) is 2.17. The third kappa shape index (κ3) is 2.08. The van der Waals surface area contributed by atoms with E-state index in [-0.39, 0.29) is 5.54 Å². The summed E-state index contributed by atoms with van der Waals surface area (Å²) in [4.78, 5) is 0. The van der Waals surface area contributed by atoms with E-state index in [0.29, 0.717) is 0 Å². The fraction of sp³-hybridized carbons (Fsp3) is 0.400. The van der Waals surface area contributed by atoms with Crippen molar-refractivity contribution in [2.75, 3.05) is 7.05 Å². The largest absolute Gasteiger partial charge is 0.311 e. The fourth-order valence-corrected chi connectivity index (χ4v) is 1.42. The molecule has 1 aromatic carbocycles. The van der Waals surface area contributed by atoms with Gasteiger partial charge in [-0.1, -0.05) is 28.1 Å². The molecule has 0 spiro atoms. The Hall–Kier alpha value is -0.340. The Morgan fingerprint density at radius 1 is 1.33 bits per heavy atom. The summed E-state index contributed by atoms with van der Waals surface area (Å²) < 4.78 is 1.13. The van der Waals surface area contributed by atoms with Crippen LogP contribution in [-0.4, -0.2) is 7.05 Å². The fourth-order valence-electron chi connectivity index (χ4n) is 1.02. The van der Waals surface area contributed by atoms with E-state index in [1.54, 1.807) is 0 Å². The summed E-state index contributed by atoms with van der Waals surface area (Å²) in [6.07, 6.45) is 0. The normalized spacial score (nSPS) is 11.7. The highest BCUT2D eigenvalue weighted by Crippen LogP contribution is 2.22. The van der Waals surface area contributed by atoms with E-state index >= 15 is 0 Å². The zero-order valence-electron chi connectivity index (χ0n) is 7.69. The van der Waals surface area contributed by atoms with Crippen LogP contribution >= 0.6 is 15.9 Å². The van der Waals surface area contributed by atoms with Gasteiger partial charge in [-0.2, -0.15) is 0 Å². The van der Waals surface area contributed by atoms with E-state index in [0.717, 1.165) is 4.47 Å². The van der Waals surface area contributed by atoms with E-state index < -0.39 is 0 Å². The van der Waals surface area contributed by atoms with Crippen molar-refractivity contribution >= 4 is 15.9 Å². The van der Waals surface area contributed by atoms with Crippen LogP contribution in [0.25, 0.3) is 0 Å². The molecule has 0 amide bonds. The first kappa shape index (κ1) is 9.75. The number of rotatable bonds is 2.